The first-order chi connectivity index (χ1) is 18.5. The molecule has 6 rings (SSSR count). The number of aliphatic hydroxyl groups is 1. The first-order valence-corrected chi connectivity index (χ1v) is 11.9. The van der Waals surface area contributed by atoms with Crippen molar-refractivity contribution in [3.8, 4) is 11.4 Å². The third kappa shape index (κ3) is 4.55. The minimum absolute atomic E-state index is 0.0857. The molecular weight excluding hydrogens is 497 g/mol. The maximum absolute atomic E-state index is 14.1. The molecular formula is C26H21F3N8O. The van der Waals surface area contributed by atoms with Crippen molar-refractivity contribution in [2.45, 2.75) is 18.6 Å². The van der Waals surface area contributed by atoms with Crippen LogP contribution in [0.15, 0.2) is 55.0 Å². The van der Waals surface area contributed by atoms with Gasteiger partial charge >= 0.3 is 0 Å². The number of aromatic nitrogens is 5. The summed E-state index contributed by atoms with van der Waals surface area (Å²) >= 11 is 0. The number of allylic oxidation sites excluding steroid dienone is 4. The van der Waals surface area contributed by atoms with Crippen LogP contribution in [0.2, 0.25) is 0 Å². The van der Waals surface area contributed by atoms with E-state index in [2.05, 4.69) is 30.9 Å². The van der Waals surface area contributed by atoms with E-state index in [4.69, 9.17) is 9.97 Å². The highest BCUT2D eigenvalue weighted by Crippen LogP contribution is 2.34. The SMILES string of the molecule is O[C@@H]1CNCC[C@H]1Nc1nc(-c2ccnc(Nc3nc(F)cc(F)c3F)c2)nc2cncc(C3=CC=C3)c12. The zero-order valence-corrected chi connectivity index (χ0v) is 19.8. The van der Waals surface area contributed by atoms with Crippen LogP contribution in [0.25, 0.3) is 27.9 Å². The summed E-state index contributed by atoms with van der Waals surface area (Å²) < 4.78 is 41.3. The van der Waals surface area contributed by atoms with Crippen LogP contribution < -0.4 is 16.0 Å². The van der Waals surface area contributed by atoms with Crippen molar-refractivity contribution < 1.29 is 18.3 Å². The summed E-state index contributed by atoms with van der Waals surface area (Å²) in [5.41, 5.74) is 2.92. The van der Waals surface area contributed by atoms with E-state index < -0.39 is 29.5 Å². The van der Waals surface area contributed by atoms with Crippen molar-refractivity contribution in [1.82, 2.24) is 30.2 Å². The molecule has 0 aromatic carbocycles. The van der Waals surface area contributed by atoms with Gasteiger partial charge in [0.25, 0.3) is 0 Å². The van der Waals surface area contributed by atoms with Crippen molar-refractivity contribution in [1.29, 1.82) is 0 Å². The van der Waals surface area contributed by atoms with E-state index in [0.29, 0.717) is 41.8 Å². The Morgan fingerprint density at radius 1 is 1.05 bits per heavy atom. The van der Waals surface area contributed by atoms with Crippen LogP contribution in [0.5, 0.6) is 0 Å². The van der Waals surface area contributed by atoms with Gasteiger partial charge in [-0.2, -0.15) is 13.8 Å². The number of aliphatic hydroxyl groups excluding tert-OH is 1. The summed E-state index contributed by atoms with van der Waals surface area (Å²) in [7, 11) is 0. The smallest absolute Gasteiger partial charge is 0.217 e. The van der Waals surface area contributed by atoms with Gasteiger partial charge in [0.1, 0.15) is 11.6 Å². The van der Waals surface area contributed by atoms with E-state index in [1.807, 2.05) is 18.2 Å². The summed E-state index contributed by atoms with van der Waals surface area (Å²) in [6.45, 7) is 1.21. The lowest BCUT2D eigenvalue weighted by molar-refractivity contribution is 0.128. The molecule has 0 radical (unpaired) electrons. The Labute approximate surface area is 214 Å². The summed E-state index contributed by atoms with van der Waals surface area (Å²) in [5.74, 6) is -3.58. The molecule has 5 heterocycles. The van der Waals surface area contributed by atoms with Gasteiger partial charge < -0.3 is 21.1 Å². The Morgan fingerprint density at radius 2 is 1.92 bits per heavy atom. The standard InChI is InChI=1S/C26H21F3N8O/c27-16-9-20(28)35-26(23(16)29)36-21-8-14(4-7-32-21)24-34-18-11-31-10-15(13-2-1-3-13)22(18)25(37-24)33-17-5-6-30-12-19(17)38/h1-4,7-11,17,19,30,38H,5-6,12H2,(H,32,35,36)(H,33,34,37)/t17-,19-/m1/s1. The molecule has 192 valence electrons. The van der Waals surface area contributed by atoms with Gasteiger partial charge in [-0.15, -0.1) is 0 Å². The van der Waals surface area contributed by atoms with Crippen molar-refractivity contribution >= 4 is 33.9 Å². The van der Waals surface area contributed by atoms with Gasteiger partial charge in [-0.3, -0.25) is 4.98 Å². The second kappa shape index (κ2) is 9.80. The molecule has 0 saturated carbocycles. The second-order valence-corrected chi connectivity index (χ2v) is 8.91. The normalized spacial score (nSPS) is 18.7. The Balaban J connectivity index is 1.42. The lowest BCUT2D eigenvalue weighted by Crippen LogP contribution is -2.47. The molecule has 1 aliphatic carbocycles. The number of fused-ring (bicyclic) bond motifs is 1. The number of halogens is 3. The number of pyridine rings is 3. The summed E-state index contributed by atoms with van der Waals surface area (Å²) in [6.07, 6.45) is 10.8. The van der Waals surface area contributed by atoms with E-state index in [-0.39, 0.29) is 11.9 Å². The van der Waals surface area contributed by atoms with Crippen molar-refractivity contribution in [3.05, 3.63) is 78.2 Å². The molecule has 1 aliphatic heterocycles. The molecule has 4 aromatic rings. The van der Waals surface area contributed by atoms with Crippen LogP contribution in [-0.2, 0) is 0 Å². The number of hydrogen-bond acceptors (Lipinski definition) is 9. The van der Waals surface area contributed by atoms with Gasteiger partial charge in [0.2, 0.25) is 11.8 Å². The molecule has 12 heteroatoms. The van der Waals surface area contributed by atoms with Gasteiger partial charge in [-0.05, 0) is 30.7 Å². The molecule has 9 nitrogen and oxygen atoms in total. The maximum Gasteiger partial charge on any atom is 0.217 e. The van der Waals surface area contributed by atoms with Crippen LogP contribution in [0.3, 0.4) is 0 Å². The second-order valence-electron chi connectivity index (χ2n) is 8.91. The first-order valence-electron chi connectivity index (χ1n) is 11.9. The van der Waals surface area contributed by atoms with E-state index in [9.17, 15) is 18.3 Å². The van der Waals surface area contributed by atoms with Gasteiger partial charge in [0.15, 0.2) is 17.5 Å². The highest BCUT2D eigenvalue weighted by atomic mass is 19.2. The number of β-amino-alcohol motifs (C(OH)–C–C–N with tert-alkyl or cyclic N) is 1. The first kappa shape index (κ1) is 23.9. The number of anilines is 3. The molecule has 38 heavy (non-hydrogen) atoms. The third-order valence-corrected chi connectivity index (χ3v) is 6.39. The highest BCUT2D eigenvalue weighted by Gasteiger charge is 2.25. The summed E-state index contributed by atoms with van der Waals surface area (Å²) in [4.78, 5) is 21.3. The maximum atomic E-state index is 14.1. The monoisotopic (exact) mass is 518 g/mol. The predicted octanol–water partition coefficient (Wildman–Crippen LogP) is 3.73. The van der Waals surface area contributed by atoms with Crippen LogP contribution in [-0.4, -0.2) is 55.3 Å². The molecule has 1 fully saturated rings. The van der Waals surface area contributed by atoms with E-state index >= 15 is 0 Å². The molecule has 1 saturated heterocycles. The minimum Gasteiger partial charge on any atom is -0.390 e. The number of nitrogens with zero attached hydrogens (tertiary/aromatic N) is 5. The molecule has 0 unspecified atom stereocenters. The fourth-order valence-electron chi connectivity index (χ4n) is 4.41. The number of rotatable bonds is 6. The van der Waals surface area contributed by atoms with Crippen molar-refractivity contribution in [3.63, 3.8) is 0 Å². The quantitative estimate of drug-likeness (QED) is 0.283. The fourth-order valence-corrected chi connectivity index (χ4v) is 4.41. The zero-order chi connectivity index (χ0) is 26.2. The lowest BCUT2D eigenvalue weighted by Gasteiger charge is -2.30. The van der Waals surface area contributed by atoms with Crippen LogP contribution in [0.1, 0.15) is 12.0 Å². The largest absolute Gasteiger partial charge is 0.390 e. The van der Waals surface area contributed by atoms with E-state index in [1.54, 1.807) is 18.5 Å². The predicted molar refractivity (Wildman–Crippen MR) is 136 cm³/mol. The van der Waals surface area contributed by atoms with Crippen molar-refractivity contribution in [2.24, 2.45) is 0 Å². The Morgan fingerprint density at radius 3 is 2.71 bits per heavy atom. The molecule has 2 atom stereocenters. The third-order valence-electron chi connectivity index (χ3n) is 6.39. The number of nitrogens with one attached hydrogen (secondary N) is 3. The molecule has 4 N–H and O–H groups in total. The van der Waals surface area contributed by atoms with Gasteiger partial charge in [0, 0.05) is 36.1 Å². The van der Waals surface area contributed by atoms with E-state index in [1.165, 1.54) is 12.3 Å². The molecule has 0 bridgehead atoms. The minimum atomic E-state index is -1.37. The molecule has 4 aromatic heterocycles. The molecule has 0 spiro atoms. The van der Waals surface area contributed by atoms with Crippen LogP contribution >= 0.6 is 0 Å². The molecule has 2 aliphatic rings. The zero-order valence-electron chi connectivity index (χ0n) is 19.8. The Kier molecular flexibility index (Phi) is 6.18. The van der Waals surface area contributed by atoms with Gasteiger partial charge in [-0.25, -0.2) is 19.3 Å². The Bertz CT molecular complexity index is 1610. The van der Waals surface area contributed by atoms with Gasteiger partial charge in [0.05, 0.1) is 29.2 Å². The average molecular weight is 519 g/mol. The lowest BCUT2D eigenvalue weighted by atomic mass is 9.97. The van der Waals surface area contributed by atoms with Crippen LogP contribution in [0.4, 0.5) is 30.6 Å². The topological polar surface area (TPSA) is 121 Å². The van der Waals surface area contributed by atoms with Crippen LogP contribution in [0, 0.1) is 17.6 Å². The summed E-state index contributed by atoms with van der Waals surface area (Å²) in [6, 6.07) is 3.29. The highest BCUT2D eigenvalue weighted by molar-refractivity contribution is 6.02. The number of piperidine rings is 1. The number of hydrogen-bond donors (Lipinski definition) is 4. The molecule has 0 amide bonds. The van der Waals surface area contributed by atoms with Crippen molar-refractivity contribution in [2.75, 3.05) is 23.7 Å². The average Bonchev–Trinajstić information content (AvgIpc) is 2.87. The summed E-state index contributed by atoms with van der Waals surface area (Å²) in [5, 5.41) is 20.4. The van der Waals surface area contributed by atoms with E-state index in [0.717, 1.165) is 23.1 Å². The van der Waals surface area contributed by atoms with Gasteiger partial charge in [-0.1, -0.05) is 18.2 Å². The Hall–Kier alpha value is -4.42. The fraction of sp³-hybridized carbons (Fsp3) is 0.192.